The molecule has 2 aromatic carbocycles. The van der Waals surface area contributed by atoms with Crippen molar-refractivity contribution in [3.63, 3.8) is 0 Å². The van der Waals surface area contributed by atoms with Crippen LogP contribution in [-0.2, 0) is 30.3 Å². The number of nitrogens with one attached hydrogen (secondary N) is 2. The van der Waals surface area contributed by atoms with Crippen molar-refractivity contribution < 1.29 is 28.7 Å². The van der Waals surface area contributed by atoms with Crippen LogP contribution in [0.3, 0.4) is 0 Å². The van der Waals surface area contributed by atoms with Gasteiger partial charge in [-0.25, -0.2) is 9.59 Å². The van der Waals surface area contributed by atoms with E-state index in [1.54, 1.807) is 65.8 Å². The Bertz CT molecular complexity index is 1380. The number of terminal acetylenes is 1. The highest BCUT2D eigenvalue weighted by Crippen LogP contribution is 2.36. The van der Waals surface area contributed by atoms with Gasteiger partial charge in [-0.05, 0) is 83.6 Å². The molecule has 3 unspecified atom stereocenters. The van der Waals surface area contributed by atoms with Crippen LogP contribution >= 0.6 is 0 Å². The first-order chi connectivity index (χ1) is 21.0. The predicted octanol–water partition coefficient (Wildman–Crippen LogP) is 5.32. The first-order valence-corrected chi connectivity index (χ1v) is 15.4. The zero-order valence-corrected chi connectivity index (χ0v) is 27.7. The fourth-order valence-electron chi connectivity index (χ4n) is 4.85. The van der Waals surface area contributed by atoms with Crippen molar-refractivity contribution >= 4 is 23.9 Å². The summed E-state index contributed by atoms with van der Waals surface area (Å²) in [4.78, 5) is 56.5. The van der Waals surface area contributed by atoms with Gasteiger partial charge in [0.05, 0.1) is 0 Å². The molecule has 0 bridgehead atoms. The van der Waals surface area contributed by atoms with Gasteiger partial charge in [0, 0.05) is 18.0 Å². The van der Waals surface area contributed by atoms with Crippen LogP contribution in [0.5, 0.6) is 0 Å². The molecule has 3 atom stereocenters. The summed E-state index contributed by atoms with van der Waals surface area (Å²) in [5.74, 6) is 0.710. The Labute approximate surface area is 267 Å². The standard InChI is InChI=1S/C36H47N3O6/c1-10-24-16-18-26(19-17-24)30(31(40)37-28(33(42)44-35(4,5)6)22-25-14-12-11-13-15-25)39(27-20-21-27)32(41)29(23(2)3)38-34(43)45-36(7,8)9/h1,11-19,23,27-30H,20-22H2,2-9H3,(H,37,40)(H,38,43). The van der Waals surface area contributed by atoms with Crippen LogP contribution in [0.1, 0.15) is 91.0 Å². The number of amides is 3. The van der Waals surface area contributed by atoms with Gasteiger partial charge in [-0.2, -0.15) is 0 Å². The van der Waals surface area contributed by atoms with Crippen molar-refractivity contribution in [2.45, 2.75) is 110 Å². The lowest BCUT2D eigenvalue weighted by Crippen LogP contribution is -2.56. The third-order valence-corrected chi connectivity index (χ3v) is 7.01. The number of hydrogen-bond donors (Lipinski definition) is 2. The summed E-state index contributed by atoms with van der Waals surface area (Å²) in [6, 6.07) is 12.8. The van der Waals surface area contributed by atoms with Gasteiger partial charge in [-0.15, -0.1) is 6.42 Å². The lowest BCUT2D eigenvalue weighted by atomic mass is 9.97. The molecule has 3 rings (SSSR count). The molecule has 3 amide bonds. The van der Waals surface area contributed by atoms with Gasteiger partial charge in [0.15, 0.2) is 0 Å². The van der Waals surface area contributed by atoms with E-state index < -0.39 is 53.2 Å². The minimum Gasteiger partial charge on any atom is -0.458 e. The number of esters is 1. The van der Waals surface area contributed by atoms with Gasteiger partial charge < -0.3 is 25.0 Å². The molecule has 0 heterocycles. The van der Waals surface area contributed by atoms with Gasteiger partial charge in [-0.1, -0.05) is 62.2 Å². The number of alkyl carbamates (subject to hydrolysis) is 1. The SMILES string of the molecule is C#Cc1ccc(C(C(=O)NC(Cc2ccccc2)C(=O)OC(C)(C)C)N(C(=O)C(NC(=O)OC(C)(C)C)C(C)C)C2CC2)cc1. The fraction of sp³-hybridized carbons (Fsp3) is 0.500. The first kappa shape index (κ1) is 35.2. The first-order valence-electron chi connectivity index (χ1n) is 15.4. The van der Waals surface area contributed by atoms with Crippen molar-refractivity contribution in [3.8, 4) is 12.3 Å². The number of rotatable bonds is 11. The summed E-state index contributed by atoms with van der Waals surface area (Å²) in [5, 5.41) is 5.65. The van der Waals surface area contributed by atoms with Gasteiger partial charge >= 0.3 is 12.1 Å². The molecule has 0 spiro atoms. The molecule has 0 saturated heterocycles. The summed E-state index contributed by atoms with van der Waals surface area (Å²) in [7, 11) is 0. The van der Waals surface area contributed by atoms with Crippen LogP contribution in [-0.4, -0.2) is 58.1 Å². The number of nitrogens with zero attached hydrogens (tertiary/aromatic N) is 1. The van der Waals surface area contributed by atoms with E-state index in [1.165, 1.54) is 4.90 Å². The van der Waals surface area contributed by atoms with Crippen molar-refractivity contribution in [2.24, 2.45) is 5.92 Å². The van der Waals surface area contributed by atoms with E-state index in [0.717, 1.165) is 5.56 Å². The smallest absolute Gasteiger partial charge is 0.408 e. The Kier molecular flexibility index (Phi) is 11.4. The fourth-order valence-corrected chi connectivity index (χ4v) is 4.85. The maximum atomic E-state index is 14.4. The average molecular weight is 618 g/mol. The predicted molar refractivity (Wildman–Crippen MR) is 173 cm³/mol. The number of carbonyl (C=O) groups excluding carboxylic acids is 4. The minimum atomic E-state index is -1.11. The maximum absolute atomic E-state index is 14.4. The van der Waals surface area contributed by atoms with E-state index in [1.807, 2.05) is 44.2 Å². The number of carbonyl (C=O) groups is 4. The highest BCUT2D eigenvalue weighted by atomic mass is 16.6. The molecular formula is C36H47N3O6. The van der Waals surface area contributed by atoms with Gasteiger partial charge in [0.25, 0.3) is 0 Å². The van der Waals surface area contributed by atoms with Crippen molar-refractivity contribution in [1.29, 1.82) is 0 Å². The molecular weight excluding hydrogens is 570 g/mol. The quantitative estimate of drug-likeness (QED) is 0.261. The lowest BCUT2D eigenvalue weighted by molar-refractivity contribution is -0.159. The molecule has 9 nitrogen and oxygen atoms in total. The van der Waals surface area contributed by atoms with E-state index in [9.17, 15) is 19.2 Å². The summed E-state index contributed by atoms with van der Waals surface area (Å²) in [6.45, 7) is 14.2. The molecule has 1 saturated carbocycles. The highest BCUT2D eigenvalue weighted by Gasteiger charge is 2.45. The maximum Gasteiger partial charge on any atom is 0.408 e. The van der Waals surface area contributed by atoms with E-state index in [0.29, 0.717) is 24.0 Å². The monoisotopic (exact) mass is 617 g/mol. The van der Waals surface area contributed by atoms with E-state index >= 15 is 0 Å². The van der Waals surface area contributed by atoms with Gasteiger partial charge in [0.2, 0.25) is 11.8 Å². The second kappa shape index (κ2) is 14.6. The van der Waals surface area contributed by atoms with E-state index in [4.69, 9.17) is 15.9 Å². The topological polar surface area (TPSA) is 114 Å². The summed E-state index contributed by atoms with van der Waals surface area (Å²) >= 11 is 0. The van der Waals surface area contributed by atoms with E-state index in [2.05, 4.69) is 16.6 Å². The molecule has 1 fully saturated rings. The lowest BCUT2D eigenvalue weighted by Gasteiger charge is -2.36. The molecule has 0 aliphatic heterocycles. The summed E-state index contributed by atoms with van der Waals surface area (Å²) in [6.07, 6.45) is 6.44. The van der Waals surface area contributed by atoms with Crippen molar-refractivity contribution in [2.75, 3.05) is 0 Å². The Morgan fingerprint density at radius 1 is 0.889 bits per heavy atom. The molecule has 0 aromatic heterocycles. The van der Waals surface area contributed by atoms with Crippen LogP contribution < -0.4 is 10.6 Å². The Morgan fingerprint density at radius 2 is 1.47 bits per heavy atom. The Hall–Kier alpha value is -4.32. The molecule has 1 aliphatic carbocycles. The molecule has 9 heteroatoms. The Balaban J connectivity index is 2.04. The minimum absolute atomic E-state index is 0.191. The van der Waals surface area contributed by atoms with Crippen LogP contribution in [0, 0.1) is 18.3 Å². The number of benzene rings is 2. The summed E-state index contributed by atoms with van der Waals surface area (Å²) < 4.78 is 11.1. The number of hydrogen-bond acceptors (Lipinski definition) is 6. The molecule has 2 aromatic rings. The highest BCUT2D eigenvalue weighted by molar-refractivity contribution is 5.94. The number of ether oxygens (including phenoxy) is 2. The molecule has 0 radical (unpaired) electrons. The van der Waals surface area contributed by atoms with Gasteiger partial charge in [-0.3, -0.25) is 9.59 Å². The second-order valence-corrected chi connectivity index (χ2v) is 13.8. The average Bonchev–Trinajstić information content (AvgIpc) is 3.78. The van der Waals surface area contributed by atoms with Crippen LogP contribution in [0.25, 0.3) is 0 Å². The summed E-state index contributed by atoms with van der Waals surface area (Å²) in [5.41, 5.74) is 0.426. The molecule has 2 N–H and O–H groups in total. The third kappa shape index (κ3) is 10.7. The van der Waals surface area contributed by atoms with Crippen molar-refractivity contribution in [1.82, 2.24) is 15.5 Å². The molecule has 45 heavy (non-hydrogen) atoms. The third-order valence-electron chi connectivity index (χ3n) is 7.01. The van der Waals surface area contributed by atoms with Crippen LogP contribution in [0.2, 0.25) is 0 Å². The Morgan fingerprint density at radius 3 is 1.96 bits per heavy atom. The van der Waals surface area contributed by atoms with Gasteiger partial charge in [0.1, 0.15) is 29.3 Å². The molecule has 1 aliphatic rings. The second-order valence-electron chi connectivity index (χ2n) is 13.8. The van der Waals surface area contributed by atoms with Crippen LogP contribution in [0.4, 0.5) is 4.79 Å². The molecule has 242 valence electrons. The zero-order valence-electron chi connectivity index (χ0n) is 27.7. The normalized spacial score (nSPS) is 15.2. The largest absolute Gasteiger partial charge is 0.458 e. The van der Waals surface area contributed by atoms with Crippen molar-refractivity contribution in [3.05, 3.63) is 71.3 Å². The van der Waals surface area contributed by atoms with Crippen LogP contribution in [0.15, 0.2) is 54.6 Å². The zero-order chi connectivity index (χ0) is 33.5. The van der Waals surface area contributed by atoms with E-state index in [-0.39, 0.29) is 18.4 Å².